The monoisotopic (exact) mass is 279 g/mol. The molecule has 0 bridgehead atoms. The second-order valence-electron chi connectivity index (χ2n) is 6.28. The standard InChI is InChI=1S/C16H29N3O/c1-2-6-14(13-17)18-9-11-19(12-10-18)15-7-4-3-5-8-16(15)20/h14-16,20H,2-12H2,1H3. The van der Waals surface area contributed by atoms with Crippen LogP contribution in [-0.4, -0.2) is 59.3 Å². The van der Waals surface area contributed by atoms with Gasteiger partial charge in [0.2, 0.25) is 0 Å². The molecular weight excluding hydrogens is 250 g/mol. The van der Waals surface area contributed by atoms with Crippen LogP contribution >= 0.6 is 0 Å². The molecule has 0 aromatic heterocycles. The molecule has 0 amide bonds. The van der Waals surface area contributed by atoms with E-state index in [1.54, 1.807) is 0 Å². The minimum absolute atomic E-state index is 0.0845. The molecule has 2 fully saturated rings. The van der Waals surface area contributed by atoms with Crippen LogP contribution < -0.4 is 0 Å². The number of hydrogen-bond acceptors (Lipinski definition) is 4. The topological polar surface area (TPSA) is 50.5 Å². The van der Waals surface area contributed by atoms with Crippen molar-refractivity contribution < 1.29 is 5.11 Å². The Balaban J connectivity index is 1.85. The van der Waals surface area contributed by atoms with E-state index in [1.165, 1.54) is 19.3 Å². The van der Waals surface area contributed by atoms with Crippen LogP contribution in [0.1, 0.15) is 51.9 Å². The van der Waals surface area contributed by atoms with Crippen molar-refractivity contribution in [3.05, 3.63) is 0 Å². The van der Waals surface area contributed by atoms with E-state index in [9.17, 15) is 10.4 Å². The number of rotatable bonds is 4. The van der Waals surface area contributed by atoms with Gasteiger partial charge in [0.15, 0.2) is 0 Å². The molecule has 0 aromatic carbocycles. The molecule has 0 radical (unpaired) electrons. The maximum absolute atomic E-state index is 10.3. The van der Waals surface area contributed by atoms with E-state index in [2.05, 4.69) is 22.8 Å². The average molecular weight is 279 g/mol. The number of hydrogen-bond donors (Lipinski definition) is 1. The summed E-state index contributed by atoms with van der Waals surface area (Å²) in [4.78, 5) is 4.79. The van der Waals surface area contributed by atoms with Gasteiger partial charge in [-0.1, -0.05) is 32.6 Å². The zero-order chi connectivity index (χ0) is 14.4. The third kappa shape index (κ3) is 3.94. The lowest BCUT2D eigenvalue weighted by molar-refractivity contribution is 0.0102. The second-order valence-corrected chi connectivity index (χ2v) is 6.28. The van der Waals surface area contributed by atoms with Gasteiger partial charge in [-0.25, -0.2) is 0 Å². The quantitative estimate of drug-likeness (QED) is 0.800. The molecule has 3 unspecified atom stereocenters. The molecule has 1 N–H and O–H groups in total. The Bertz CT molecular complexity index is 320. The summed E-state index contributed by atoms with van der Waals surface area (Å²) in [5, 5.41) is 19.6. The van der Waals surface area contributed by atoms with Gasteiger partial charge in [0.25, 0.3) is 0 Å². The highest BCUT2D eigenvalue weighted by Gasteiger charge is 2.31. The summed E-state index contributed by atoms with van der Waals surface area (Å²) in [6.45, 7) is 6.10. The lowest BCUT2D eigenvalue weighted by Gasteiger charge is -2.41. The van der Waals surface area contributed by atoms with Gasteiger partial charge in [0, 0.05) is 32.2 Å². The van der Waals surface area contributed by atoms with Crippen molar-refractivity contribution in [2.24, 2.45) is 0 Å². The number of aliphatic hydroxyl groups is 1. The summed E-state index contributed by atoms with van der Waals surface area (Å²) in [7, 11) is 0. The Hall–Kier alpha value is -0.630. The molecule has 1 aliphatic heterocycles. The van der Waals surface area contributed by atoms with Crippen molar-refractivity contribution in [2.75, 3.05) is 26.2 Å². The van der Waals surface area contributed by atoms with Gasteiger partial charge < -0.3 is 5.11 Å². The maximum atomic E-state index is 10.3. The van der Waals surface area contributed by atoms with Crippen LogP contribution in [0.4, 0.5) is 0 Å². The van der Waals surface area contributed by atoms with Gasteiger partial charge in [-0.15, -0.1) is 0 Å². The van der Waals surface area contributed by atoms with E-state index in [0.29, 0.717) is 6.04 Å². The largest absolute Gasteiger partial charge is 0.391 e. The molecule has 0 spiro atoms. The first-order valence-electron chi connectivity index (χ1n) is 8.32. The Labute approximate surface area is 123 Å². The minimum atomic E-state index is -0.147. The van der Waals surface area contributed by atoms with Crippen molar-refractivity contribution >= 4 is 0 Å². The van der Waals surface area contributed by atoms with Crippen molar-refractivity contribution in [3.8, 4) is 6.07 Å². The third-order valence-electron chi connectivity index (χ3n) is 4.91. The summed E-state index contributed by atoms with van der Waals surface area (Å²) in [5.41, 5.74) is 0. The zero-order valence-corrected chi connectivity index (χ0v) is 12.8. The van der Waals surface area contributed by atoms with E-state index < -0.39 is 0 Å². The third-order valence-corrected chi connectivity index (χ3v) is 4.91. The molecule has 1 aliphatic carbocycles. The summed E-state index contributed by atoms with van der Waals surface area (Å²) < 4.78 is 0. The van der Waals surface area contributed by atoms with E-state index in [4.69, 9.17) is 0 Å². The normalized spacial score (nSPS) is 31.4. The number of aliphatic hydroxyl groups excluding tert-OH is 1. The first-order valence-corrected chi connectivity index (χ1v) is 8.32. The van der Waals surface area contributed by atoms with Gasteiger partial charge in [0.1, 0.15) is 0 Å². The van der Waals surface area contributed by atoms with E-state index in [0.717, 1.165) is 51.9 Å². The highest BCUT2D eigenvalue weighted by atomic mass is 16.3. The lowest BCUT2D eigenvalue weighted by atomic mass is 10.0. The molecule has 114 valence electrons. The highest BCUT2D eigenvalue weighted by Crippen LogP contribution is 2.24. The van der Waals surface area contributed by atoms with E-state index >= 15 is 0 Å². The SMILES string of the molecule is CCCC(C#N)N1CCN(C2CCCCCC2O)CC1. The van der Waals surface area contributed by atoms with Gasteiger partial charge in [0.05, 0.1) is 18.2 Å². The molecule has 4 nitrogen and oxygen atoms in total. The predicted molar refractivity (Wildman–Crippen MR) is 80.3 cm³/mol. The molecule has 1 saturated carbocycles. The first kappa shape index (κ1) is 15.8. The molecule has 4 heteroatoms. The van der Waals surface area contributed by atoms with Crippen LogP contribution in [-0.2, 0) is 0 Å². The van der Waals surface area contributed by atoms with Crippen LogP contribution in [0.3, 0.4) is 0 Å². The molecule has 0 aromatic rings. The fraction of sp³-hybridized carbons (Fsp3) is 0.938. The van der Waals surface area contributed by atoms with E-state index in [-0.39, 0.29) is 12.1 Å². The first-order chi connectivity index (χ1) is 9.76. The zero-order valence-electron chi connectivity index (χ0n) is 12.8. The molecule has 1 saturated heterocycles. The van der Waals surface area contributed by atoms with Crippen LogP contribution in [0.2, 0.25) is 0 Å². The van der Waals surface area contributed by atoms with Crippen molar-refractivity contribution in [3.63, 3.8) is 0 Å². The predicted octanol–water partition coefficient (Wildman–Crippen LogP) is 1.99. The Morgan fingerprint density at radius 1 is 1.15 bits per heavy atom. The van der Waals surface area contributed by atoms with Gasteiger partial charge in [-0.2, -0.15) is 5.26 Å². The van der Waals surface area contributed by atoms with Crippen molar-refractivity contribution in [1.29, 1.82) is 5.26 Å². The average Bonchev–Trinajstić information content (AvgIpc) is 2.70. The summed E-state index contributed by atoms with van der Waals surface area (Å²) in [5.74, 6) is 0. The Morgan fingerprint density at radius 2 is 1.85 bits per heavy atom. The maximum Gasteiger partial charge on any atom is 0.0978 e. The van der Waals surface area contributed by atoms with Gasteiger partial charge in [-0.05, 0) is 19.3 Å². The molecular formula is C16H29N3O. The van der Waals surface area contributed by atoms with Crippen LogP contribution in [0.15, 0.2) is 0 Å². The van der Waals surface area contributed by atoms with Crippen molar-refractivity contribution in [1.82, 2.24) is 9.80 Å². The fourth-order valence-electron chi connectivity index (χ4n) is 3.68. The fourth-order valence-corrected chi connectivity index (χ4v) is 3.68. The second kappa shape index (κ2) is 7.97. The minimum Gasteiger partial charge on any atom is -0.391 e. The summed E-state index contributed by atoms with van der Waals surface area (Å²) in [6, 6.07) is 2.88. The smallest absolute Gasteiger partial charge is 0.0978 e. The molecule has 2 rings (SSSR count). The highest BCUT2D eigenvalue weighted by molar-refractivity contribution is 4.94. The van der Waals surface area contributed by atoms with Crippen LogP contribution in [0.5, 0.6) is 0 Å². The van der Waals surface area contributed by atoms with Gasteiger partial charge >= 0.3 is 0 Å². The Morgan fingerprint density at radius 3 is 2.50 bits per heavy atom. The number of nitrogens with zero attached hydrogens (tertiary/aromatic N) is 3. The number of nitriles is 1. The lowest BCUT2D eigenvalue weighted by Crippen LogP contribution is -2.55. The molecule has 2 aliphatic rings. The number of piperazine rings is 1. The summed E-state index contributed by atoms with van der Waals surface area (Å²) in [6.07, 6.45) is 7.68. The van der Waals surface area contributed by atoms with E-state index in [1.807, 2.05) is 0 Å². The van der Waals surface area contributed by atoms with Crippen LogP contribution in [0, 0.1) is 11.3 Å². The molecule has 3 atom stereocenters. The Kier molecular flexibility index (Phi) is 6.28. The van der Waals surface area contributed by atoms with Crippen LogP contribution in [0.25, 0.3) is 0 Å². The molecule has 1 heterocycles. The van der Waals surface area contributed by atoms with Crippen molar-refractivity contribution in [2.45, 2.75) is 70.1 Å². The summed E-state index contributed by atoms with van der Waals surface area (Å²) >= 11 is 0. The molecule has 20 heavy (non-hydrogen) atoms. The van der Waals surface area contributed by atoms with Gasteiger partial charge in [-0.3, -0.25) is 9.80 Å².